The minimum absolute atomic E-state index is 0. The number of nitrogens with two attached hydrogens (primary N) is 1. The summed E-state index contributed by atoms with van der Waals surface area (Å²) in [6.45, 7) is 2.18. The third-order valence-electron chi connectivity index (χ3n) is 1.91. The second-order valence-corrected chi connectivity index (χ2v) is 3.03. The van der Waals surface area contributed by atoms with E-state index in [4.69, 9.17) is 10.8 Å². The van der Waals surface area contributed by atoms with E-state index < -0.39 is 0 Å². The SMILES string of the molecule is Cc1cccc([C@H](N)CCO)c1.Cl. The molecule has 0 aliphatic rings. The average molecular weight is 202 g/mol. The summed E-state index contributed by atoms with van der Waals surface area (Å²) in [4.78, 5) is 0. The number of aliphatic hydroxyl groups is 1. The molecule has 74 valence electrons. The molecule has 0 bridgehead atoms. The summed E-state index contributed by atoms with van der Waals surface area (Å²) in [7, 11) is 0. The first-order valence-electron chi connectivity index (χ1n) is 4.17. The van der Waals surface area contributed by atoms with Gasteiger partial charge in [0.15, 0.2) is 0 Å². The van der Waals surface area contributed by atoms with Crippen molar-refractivity contribution in [1.82, 2.24) is 0 Å². The smallest absolute Gasteiger partial charge is 0.0449 e. The van der Waals surface area contributed by atoms with Crippen LogP contribution >= 0.6 is 12.4 Å². The van der Waals surface area contributed by atoms with Crippen LogP contribution in [-0.2, 0) is 0 Å². The second kappa shape index (κ2) is 5.97. The summed E-state index contributed by atoms with van der Waals surface area (Å²) in [5, 5.41) is 8.69. The molecular weight excluding hydrogens is 186 g/mol. The van der Waals surface area contributed by atoms with Gasteiger partial charge < -0.3 is 10.8 Å². The fourth-order valence-electron chi connectivity index (χ4n) is 1.21. The van der Waals surface area contributed by atoms with E-state index >= 15 is 0 Å². The lowest BCUT2D eigenvalue weighted by Gasteiger charge is -2.10. The lowest BCUT2D eigenvalue weighted by atomic mass is 10.0. The highest BCUT2D eigenvalue weighted by molar-refractivity contribution is 5.85. The monoisotopic (exact) mass is 201 g/mol. The number of hydrogen-bond donors (Lipinski definition) is 2. The predicted octanol–water partition coefficient (Wildman–Crippen LogP) is 1.80. The van der Waals surface area contributed by atoms with Gasteiger partial charge in [0.25, 0.3) is 0 Å². The zero-order valence-electron chi connectivity index (χ0n) is 7.73. The zero-order valence-corrected chi connectivity index (χ0v) is 8.55. The number of hydrogen-bond acceptors (Lipinski definition) is 2. The first-order chi connectivity index (χ1) is 5.74. The van der Waals surface area contributed by atoms with Gasteiger partial charge in [-0.3, -0.25) is 0 Å². The van der Waals surface area contributed by atoms with E-state index in [0.29, 0.717) is 6.42 Å². The summed E-state index contributed by atoms with van der Waals surface area (Å²) < 4.78 is 0. The Morgan fingerprint density at radius 2 is 2.15 bits per heavy atom. The van der Waals surface area contributed by atoms with Gasteiger partial charge in [0.05, 0.1) is 0 Å². The first-order valence-corrected chi connectivity index (χ1v) is 4.17. The van der Waals surface area contributed by atoms with Crippen molar-refractivity contribution in [2.45, 2.75) is 19.4 Å². The fourth-order valence-corrected chi connectivity index (χ4v) is 1.21. The molecule has 0 aliphatic heterocycles. The Bertz CT molecular complexity index is 252. The van der Waals surface area contributed by atoms with Crippen LogP contribution in [0.3, 0.4) is 0 Å². The molecule has 0 aliphatic carbocycles. The van der Waals surface area contributed by atoms with Crippen molar-refractivity contribution >= 4 is 12.4 Å². The number of rotatable bonds is 3. The Kier molecular flexibility index (Phi) is 5.71. The first kappa shape index (κ1) is 12.4. The molecule has 0 spiro atoms. The summed E-state index contributed by atoms with van der Waals surface area (Å²) >= 11 is 0. The van der Waals surface area contributed by atoms with Crippen molar-refractivity contribution < 1.29 is 5.11 Å². The molecule has 0 aromatic heterocycles. The van der Waals surface area contributed by atoms with Gasteiger partial charge in [-0.1, -0.05) is 29.8 Å². The Labute approximate surface area is 85.2 Å². The molecule has 0 radical (unpaired) electrons. The Balaban J connectivity index is 0.00000144. The van der Waals surface area contributed by atoms with Crippen molar-refractivity contribution in [1.29, 1.82) is 0 Å². The molecule has 1 aromatic rings. The molecule has 1 atom stereocenters. The van der Waals surface area contributed by atoms with Gasteiger partial charge in [-0.05, 0) is 18.9 Å². The maximum Gasteiger partial charge on any atom is 0.0449 e. The predicted molar refractivity (Wildman–Crippen MR) is 57.1 cm³/mol. The third kappa shape index (κ3) is 3.77. The van der Waals surface area contributed by atoms with Gasteiger partial charge in [0.1, 0.15) is 0 Å². The molecule has 0 saturated heterocycles. The van der Waals surface area contributed by atoms with Crippen LogP contribution in [0.5, 0.6) is 0 Å². The summed E-state index contributed by atoms with van der Waals surface area (Å²) in [5.74, 6) is 0. The van der Waals surface area contributed by atoms with E-state index in [1.54, 1.807) is 0 Å². The van der Waals surface area contributed by atoms with Gasteiger partial charge in [0.2, 0.25) is 0 Å². The molecule has 0 saturated carbocycles. The van der Waals surface area contributed by atoms with E-state index in [0.717, 1.165) is 5.56 Å². The minimum atomic E-state index is -0.0325. The van der Waals surface area contributed by atoms with Crippen molar-refractivity contribution in [3.8, 4) is 0 Å². The zero-order chi connectivity index (χ0) is 8.97. The topological polar surface area (TPSA) is 46.2 Å². The van der Waals surface area contributed by atoms with E-state index in [9.17, 15) is 0 Å². The van der Waals surface area contributed by atoms with E-state index in [-0.39, 0.29) is 25.1 Å². The van der Waals surface area contributed by atoms with Crippen molar-refractivity contribution in [2.75, 3.05) is 6.61 Å². The van der Waals surface area contributed by atoms with E-state index in [2.05, 4.69) is 6.07 Å². The highest BCUT2D eigenvalue weighted by atomic mass is 35.5. The van der Waals surface area contributed by atoms with Gasteiger partial charge in [-0.15, -0.1) is 12.4 Å². The van der Waals surface area contributed by atoms with Gasteiger partial charge >= 0.3 is 0 Å². The van der Waals surface area contributed by atoms with Crippen LogP contribution in [0.1, 0.15) is 23.6 Å². The Morgan fingerprint density at radius 1 is 1.46 bits per heavy atom. The normalized spacial score (nSPS) is 11.9. The average Bonchev–Trinajstić information content (AvgIpc) is 2.05. The molecular formula is C10H16ClNO. The molecule has 13 heavy (non-hydrogen) atoms. The maximum absolute atomic E-state index is 8.69. The summed E-state index contributed by atoms with van der Waals surface area (Å²) in [6.07, 6.45) is 0.628. The lowest BCUT2D eigenvalue weighted by Crippen LogP contribution is -2.11. The van der Waals surface area contributed by atoms with Crippen LogP contribution in [0.25, 0.3) is 0 Å². The third-order valence-corrected chi connectivity index (χ3v) is 1.91. The van der Waals surface area contributed by atoms with Gasteiger partial charge in [-0.2, -0.15) is 0 Å². The highest BCUT2D eigenvalue weighted by Crippen LogP contribution is 2.14. The Hall–Kier alpha value is -0.570. The largest absolute Gasteiger partial charge is 0.396 e. The van der Waals surface area contributed by atoms with Crippen LogP contribution < -0.4 is 5.73 Å². The van der Waals surface area contributed by atoms with Crippen LogP contribution in [0.2, 0.25) is 0 Å². The number of aryl methyl sites for hydroxylation is 1. The lowest BCUT2D eigenvalue weighted by molar-refractivity contribution is 0.276. The van der Waals surface area contributed by atoms with Crippen LogP contribution in [0.15, 0.2) is 24.3 Å². The highest BCUT2D eigenvalue weighted by Gasteiger charge is 2.03. The molecule has 3 heteroatoms. The van der Waals surface area contributed by atoms with Gasteiger partial charge in [0, 0.05) is 12.6 Å². The summed E-state index contributed by atoms with van der Waals surface area (Å²) in [6, 6.07) is 8.04. The summed E-state index contributed by atoms with van der Waals surface area (Å²) in [5.41, 5.74) is 8.12. The quantitative estimate of drug-likeness (QED) is 0.784. The molecule has 0 unspecified atom stereocenters. The molecule has 1 aromatic carbocycles. The number of aliphatic hydroxyl groups excluding tert-OH is 1. The van der Waals surface area contributed by atoms with Crippen LogP contribution in [-0.4, -0.2) is 11.7 Å². The van der Waals surface area contributed by atoms with Crippen LogP contribution in [0.4, 0.5) is 0 Å². The maximum atomic E-state index is 8.69. The second-order valence-electron chi connectivity index (χ2n) is 3.03. The molecule has 1 rings (SSSR count). The van der Waals surface area contributed by atoms with Crippen molar-refractivity contribution in [3.63, 3.8) is 0 Å². The molecule has 0 heterocycles. The number of halogens is 1. The fraction of sp³-hybridized carbons (Fsp3) is 0.400. The molecule has 2 nitrogen and oxygen atoms in total. The molecule has 0 fully saturated rings. The standard InChI is InChI=1S/C10H15NO.ClH/c1-8-3-2-4-9(7-8)10(11)5-6-12;/h2-4,7,10,12H,5-6,11H2,1H3;1H/t10-;/m1./s1. The van der Waals surface area contributed by atoms with E-state index in [1.807, 2.05) is 25.1 Å². The molecule has 3 N–H and O–H groups in total. The van der Waals surface area contributed by atoms with E-state index in [1.165, 1.54) is 5.56 Å². The van der Waals surface area contributed by atoms with Crippen molar-refractivity contribution in [2.24, 2.45) is 5.73 Å². The minimum Gasteiger partial charge on any atom is -0.396 e. The van der Waals surface area contributed by atoms with Crippen LogP contribution in [0, 0.1) is 6.92 Å². The van der Waals surface area contributed by atoms with Gasteiger partial charge in [-0.25, -0.2) is 0 Å². The Morgan fingerprint density at radius 3 is 2.69 bits per heavy atom. The van der Waals surface area contributed by atoms with Crippen molar-refractivity contribution in [3.05, 3.63) is 35.4 Å². The number of benzene rings is 1. The molecule has 0 amide bonds.